The van der Waals surface area contributed by atoms with Gasteiger partial charge in [-0.25, -0.2) is 0 Å². The summed E-state index contributed by atoms with van der Waals surface area (Å²) in [6.07, 6.45) is 0.998. The van der Waals surface area contributed by atoms with E-state index in [1.807, 2.05) is 49.4 Å². The second kappa shape index (κ2) is 6.02. The van der Waals surface area contributed by atoms with Gasteiger partial charge >= 0.3 is 0 Å². The normalized spacial score (nSPS) is 10.3. The summed E-state index contributed by atoms with van der Waals surface area (Å²) in [6.45, 7) is 4.10. The molecule has 3 heteroatoms. The molecular formula is C16H16BrNO. The smallest absolute Gasteiger partial charge is 0.256 e. The molecule has 19 heavy (non-hydrogen) atoms. The Labute approximate surface area is 122 Å². The number of halogens is 1. The van der Waals surface area contributed by atoms with Crippen LogP contribution in [-0.4, -0.2) is 5.91 Å². The number of amides is 1. The van der Waals surface area contributed by atoms with E-state index in [2.05, 4.69) is 28.2 Å². The first kappa shape index (κ1) is 13.8. The zero-order chi connectivity index (χ0) is 13.8. The van der Waals surface area contributed by atoms with Crippen molar-refractivity contribution in [2.75, 3.05) is 5.32 Å². The van der Waals surface area contributed by atoms with Gasteiger partial charge in [0, 0.05) is 10.2 Å². The van der Waals surface area contributed by atoms with E-state index in [-0.39, 0.29) is 5.91 Å². The zero-order valence-electron chi connectivity index (χ0n) is 11.0. The average molecular weight is 318 g/mol. The minimum atomic E-state index is -0.101. The van der Waals surface area contributed by atoms with Gasteiger partial charge in [0.1, 0.15) is 0 Å². The lowest BCUT2D eigenvalue weighted by atomic mass is 10.1. The van der Waals surface area contributed by atoms with E-state index in [0.29, 0.717) is 5.56 Å². The molecule has 2 rings (SSSR count). The van der Waals surface area contributed by atoms with Crippen LogP contribution in [0.5, 0.6) is 0 Å². The molecule has 0 aromatic heterocycles. The highest BCUT2D eigenvalue weighted by molar-refractivity contribution is 9.10. The fourth-order valence-corrected chi connectivity index (χ4v) is 2.50. The lowest BCUT2D eigenvalue weighted by Gasteiger charge is -2.08. The van der Waals surface area contributed by atoms with E-state index in [0.717, 1.165) is 22.1 Å². The molecule has 0 heterocycles. The summed E-state index contributed by atoms with van der Waals surface area (Å²) < 4.78 is 0.815. The van der Waals surface area contributed by atoms with E-state index in [1.54, 1.807) is 0 Å². The third-order valence-electron chi connectivity index (χ3n) is 2.99. The highest BCUT2D eigenvalue weighted by Gasteiger charge is 2.10. The largest absolute Gasteiger partial charge is 0.322 e. The fraction of sp³-hybridized carbons (Fsp3) is 0.188. The first-order valence-corrected chi connectivity index (χ1v) is 7.06. The summed E-state index contributed by atoms with van der Waals surface area (Å²) in [7, 11) is 0. The molecule has 0 bridgehead atoms. The highest BCUT2D eigenvalue weighted by Crippen LogP contribution is 2.20. The third kappa shape index (κ3) is 3.44. The summed E-state index contributed by atoms with van der Waals surface area (Å²) in [5, 5.41) is 2.90. The van der Waals surface area contributed by atoms with Gasteiger partial charge < -0.3 is 5.32 Å². The molecule has 98 valence electrons. The molecule has 0 atom stereocenters. The van der Waals surface area contributed by atoms with Crippen molar-refractivity contribution in [2.24, 2.45) is 0 Å². The Bertz CT molecular complexity index is 590. The molecule has 0 aliphatic carbocycles. The number of rotatable bonds is 3. The van der Waals surface area contributed by atoms with Gasteiger partial charge in [-0.15, -0.1) is 0 Å². The average Bonchev–Trinajstić information content (AvgIpc) is 2.39. The fourth-order valence-electron chi connectivity index (χ4n) is 1.83. The van der Waals surface area contributed by atoms with Gasteiger partial charge in [-0.1, -0.05) is 25.1 Å². The number of aryl methyl sites for hydroxylation is 2. The molecule has 1 amide bonds. The van der Waals surface area contributed by atoms with Crippen LogP contribution in [0.3, 0.4) is 0 Å². The van der Waals surface area contributed by atoms with Gasteiger partial charge in [0.2, 0.25) is 0 Å². The second-order valence-corrected chi connectivity index (χ2v) is 5.34. The Balaban J connectivity index is 2.15. The summed E-state index contributed by atoms with van der Waals surface area (Å²) >= 11 is 3.42. The topological polar surface area (TPSA) is 29.1 Å². The van der Waals surface area contributed by atoms with E-state index >= 15 is 0 Å². The third-order valence-corrected chi connectivity index (χ3v) is 3.65. The first-order chi connectivity index (χ1) is 9.10. The van der Waals surface area contributed by atoms with Crippen molar-refractivity contribution in [3.8, 4) is 0 Å². The van der Waals surface area contributed by atoms with Crippen LogP contribution in [0.15, 0.2) is 46.9 Å². The number of hydrogen-bond donors (Lipinski definition) is 1. The minimum Gasteiger partial charge on any atom is -0.322 e. The Morgan fingerprint density at radius 3 is 2.42 bits per heavy atom. The standard InChI is InChI=1S/C16H16BrNO/c1-3-12-5-7-13(8-6-12)18-16(19)14-9-4-11(2)10-15(14)17/h4-10H,3H2,1-2H3,(H,18,19). The SMILES string of the molecule is CCc1ccc(NC(=O)c2ccc(C)cc2Br)cc1. The van der Waals surface area contributed by atoms with Crippen LogP contribution in [-0.2, 0) is 6.42 Å². The number of hydrogen-bond acceptors (Lipinski definition) is 1. The van der Waals surface area contributed by atoms with Gasteiger partial charge in [-0.2, -0.15) is 0 Å². The molecule has 0 radical (unpaired) electrons. The van der Waals surface area contributed by atoms with Crippen LogP contribution in [0.1, 0.15) is 28.4 Å². The second-order valence-electron chi connectivity index (χ2n) is 4.49. The quantitative estimate of drug-likeness (QED) is 0.882. The van der Waals surface area contributed by atoms with Crippen molar-refractivity contribution in [3.05, 3.63) is 63.6 Å². The molecule has 0 saturated heterocycles. The maximum absolute atomic E-state index is 12.2. The minimum absolute atomic E-state index is 0.101. The molecule has 1 N–H and O–H groups in total. The van der Waals surface area contributed by atoms with Crippen LogP contribution in [0.25, 0.3) is 0 Å². The maximum atomic E-state index is 12.2. The summed E-state index contributed by atoms with van der Waals surface area (Å²) in [5.74, 6) is -0.101. The molecule has 0 aliphatic rings. The van der Waals surface area contributed by atoms with Crippen LogP contribution in [0.2, 0.25) is 0 Å². The Morgan fingerprint density at radius 1 is 1.16 bits per heavy atom. The Kier molecular flexibility index (Phi) is 4.38. The van der Waals surface area contributed by atoms with Crippen molar-refractivity contribution in [2.45, 2.75) is 20.3 Å². The lowest BCUT2D eigenvalue weighted by Crippen LogP contribution is -2.12. The molecule has 0 aliphatic heterocycles. The van der Waals surface area contributed by atoms with Crippen molar-refractivity contribution >= 4 is 27.5 Å². The predicted molar refractivity (Wildman–Crippen MR) is 82.7 cm³/mol. The lowest BCUT2D eigenvalue weighted by molar-refractivity contribution is 0.102. The van der Waals surface area contributed by atoms with Gasteiger partial charge in [0.15, 0.2) is 0 Å². The van der Waals surface area contributed by atoms with Gasteiger partial charge in [-0.3, -0.25) is 4.79 Å². The molecular weight excluding hydrogens is 302 g/mol. The summed E-state index contributed by atoms with van der Waals surface area (Å²) in [4.78, 5) is 12.2. The zero-order valence-corrected chi connectivity index (χ0v) is 12.6. The van der Waals surface area contributed by atoms with Gasteiger partial charge in [-0.05, 0) is 64.7 Å². The van der Waals surface area contributed by atoms with E-state index in [4.69, 9.17) is 0 Å². The highest BCUT2D eigenvalue weighted by atomic mass is 79.9. The van der Waals surface area contributed by atoms with Crippen molar-refractivity contribution < 1.29 is 4.79 Å². The molecule has 0 spiro atoms. The van der Waals surface area contributed by atoms with E-state index < -0.39 is 0 Å². The van der Waals surface area contributed by atoms with Crippen molar-refractivity contribution in [1.29, 1.82) is 0 Å². The molecule has 0 fully saturated rings. The first-order valence-electron chi connectivity index (χ1n) is 6.26. The Hall–Kier alpha value is -1.61. The van der Waals surface area contributed by atoms with E-state index in [9.17, 15) is 4.79 Å². The van der Waals surface area contributed by atoms with Gasteiger partial charge in [0.25, 0.3) is 5.91 Å². The predicted octanol–water partition coefficient (Wildman–Crippen LogP) is 4.57. The molecule has 2 aromatic rings. The summed E-state index contributed by atoms with van der Waals surface area (Å²) in [5.41, 5.74) is 3.84. The van der Waals surface area contributed by atoms with E-state index in [1.165, 1.54) is 5.56 Å². The number of nitrogens with one attached hydrogen (secondary N) is 1. The van der Waals surface area contributed by atoms with Crippen LogP contribution in [0.4, 0.5) is 5.69 Å². The van der Waals surface area contributed by atoms with Crippen molar-refractivity contribution in [1.82, 2.24) is 0 Å². The number of carbonyl (C=O) groups is 1. The monoisotopic (exact) mass is 317 g/mol. The summed E-state index contributed by atoms with van der Waals surface area (Å²) in [6, 6.07) is 13.6. The maximum Gasteiger partial charge on any atom is 0.256 e. The Morgan fingerprint density at radius 2 is 1.84 bits per heavy atom. The molecule has 2 aromatic carbocycles. The number of anilines is 1. The molecule has 2 nitrogen and oxygen atoms in total. The van der Waals surface area contributed by atoms with Gasteiger partial charge in [0.05, 0.1) is 5.56 Å². The number of carbonyl (C=O) groups excluding carboxylic acids is 1. The van der Waals surface area contributed by atoms with Crippen LogP contribution >= 0.6 is 15.9 Å². The number of benzene rings is 2. The van der Waals surface area contributed by atoms with Crippen LogP contribution < -0.4 is 5.32 Å². The molecule has 0 unspecified atom stereocenters. The molecule has 0 saturated carbocycles. The van der Waals surface area contributed by atoms with Crippen LogP contribution in [0, 0.1) is 6.92 Å². The van der Waals surface area contributed by atoms with Crippen molar-refractivity contribution in [3.63, 3.8) is 0 Å².